The maximum atomic E-state index is 12.6. The molecule has 8 heteroatoms. The van der Waals surface area contributed by atoms with Gasteiger partial charge in [0.1, 0.15) is 5.75 Å². The Morgan fingerprint density at radius 3 is 2.31 bits per heavy atom. The molecule has 8 nitrogen and oxygen atoms in total. The fraction of sp³-hybridized carbons (Fsp3) is 0.375. The number of carbonyl (C=O) groups excluding carboxylic acids is 2. The average Bonchev–Trinajstić information content (AvgIpc) is 3.08. The van der Waals surface area contributed by atoms with Crippen molar-refractivity contribution in [3.05, 3.63) is 64.6 Å². The number of hydrogen-bond donors (Lipinski definition) is 1. The number of ether oxygens (including phenoxy) is 2. The van der Waals surface area contributed by atoms with Gasteiger partial charge in [-0.1, -0.05) is 24.3 Å². The maximum absolute atomic E-state index is 12.6. The molecule has 170 valence electrons. The van der Waals surface area contributed by atoms with Crippen LogP contribution in [0.5, 0.6) is 5.75 Å². The van der Waals surface area contributed by atoms with Crippen molar-refractivity contribution in [2.24, 2.45) is 0 Å². The standard InChI is InChI=1S/C24H29N3O5/c1-4-26-20-7-5-6-8-21(20)27(24(26)30)16-14-22(28)32-17(2)23(29)25-15-13-18-9-11-19(31-3)12-10-18/h5-12,17H,4,13-16H2,1-3H3,(H,25,29). The molecule has 1 N–H and O–H groups in total. The average molecular weight is 440 g/mol. The highest BCUT2D eigenvalue weighted by Gasteiger charge is 2.18. The number of nitrogens with zero attached hydrogens (tertiary/aromatic N) is 2. The van der Waals surface area contributed by atoms with Gasteiger partial charge in [-0.2, -0.15) is 0 Å². The number of amides is 1. The second-order valence-electron chi connectivity index (χ2n) is 7.44. The fourth-order valence-corrected chi connectivity index (χ4v) is 3.57. The van der Waals surface area contributed by atoms with Gasteiger partial charge in [-0.15, -0.1) is 0 Å². The van der Waals surface area contributed by atoms with E-state index in [9.17, 15) is 14.4 Å². The highest BCUT2D eigenvalue weighted by Crippen LogP contribution is 2.13. The van der Waals surface area contributed by atoms with E-state index in [1.807, 2.05) is 55.5 Å². The van der Waals surface area contributed by atoms with Gasteiger partial charge in [-0.05, 0) is 50.1 Å². The zero-order chi connectivity index (χ0) is 23.1. The number of aryl methyl sites for hydroxylation is 2. The molecule has 0 fully saturated rings. The third kappa shape index (κ3) is 5.38. The lowest BCUT2D eigenvalue weighted by Crippen LogP contribution is -2.37. The largest absolute Gasteiger partial charge is 0.497 e. The molecule has 0 radical (unpaired) electrons. The van der Waals surface area contributed by atoms with Crippen LogP contribution in [0, 0.1) is 0 Å². The number of imidazole rings is 1. The molecule has 0 saturated carbocycles. The lowest BCUT2D eigenvalue weighted by Gasteiger charge is -2.14. The molecule has 3 rings (SSSR count). The normalized spacial score (nSPS) is 11.8. The van der Waals surface area contributed by atoms with E-state index in [1.165, 1.54) is 6.92 Å². The first kappa shape index (κ1) is 23.1. The summed E-state index contributed by atoms with van der Waals surface area (Å²) >= 11 is 0. The Kier molecular flexibility index (Phi) is 7.70. The molecule has 0 aliphatic heterocycles. The predicted octanol–water partition coefficient (Wildman–Crippen LogP) is 2.51. The second kappa shape index (κ2) is 10.7. The van der Waals surface area contributed by atoms with Crippen LogP contribution >= 0.6 is 0 Å². The summed E-state index contributed by atoms with van der Waals surface area (Å²) < 4.78 is 13.6. The molecule has 2 aromatic carbocycles. The highest BCUT2D eigenvalue weighted by molar-refractivity contribution is 5.83. The quantitative estimate of drug-likeness (QED) is 0.490. The van der Waals surface area contributed by atoms with Crippen LogP contribution < -0.4 is 15.7 Å². The number of fused-ring (bicyclic) bond motifs is 1. The van der Waals surface area contributed by atoms with Crippen LogP contribution in [0.4, 0.5) is 0 Å². The van der Waals surface area contributed by atoms with Crippen LogP contribution in [0.1, 0.15) is 25.8 Å². The number of rotatable bonds is 10. The van der Waals surface area contributed by atoms with Crippen LogP contribution in [-0.2, 0) is 33.8 Å². The monoisotopic (exact) mass is 439 g/mol. The van der Waals surface area contributed by atoms with Crippen LogP contribution in [0.3, 0.4) is 0 Å². The molecule has 32 heavy (non-hydrogen) atoms. The molecule has 1 heterocycles. The number of benzene rings is 2. The van der Waals surface area contributed by atoms with Crippen molar-refractivity contribution in [1.29, 1.82) is 0 Å². The minimum Gasteiger partial charge on any atom is -0.497 e. The van der Waals surface area contributed by atoms with Crippen LogP contribution in [0.2, 0.25) is 0 Å². The number of hydrogen-bond acceptors (Lipinski definition) is 5. The molecule has 0 aliphatic rings. The maximum Gasteiger partial charge on any atom is 0.329 e. The molecule has 0 bridgehead atoms. The van der Waals surface area contributed by atoms with Crippen molar-refractivity contribution in [3.63, 3.8) is 0 Å². The van der Waals surface area contributed by atoms with Crippen molar-refractivity contribution in [3.8, 4) is 5.75 Å². The van der Waals surface area contributed by atoms with Crippen LogP contribution in [0.15, 0.2) is 53.3 Å². The zero-order valence-electron chi connectivity index (χ0n) is 18.7. The Labute approximate surface area is 186 Å². The van der Waals surface area contributed by atoms with Crippen LogP contribution in [0.25, 0.3) is 11.0 Å². The van der Waals surface area contributed by atoms with Gasteiger partial charge in [0.2, 0.25) is 0 Å². The Hall–Kier alpha value is -3.55. The number of aromatic nitrogens is 2. The van der Waals surface area contributed by atoms with Gasteiger partial charge in [-0.25, -0.2) is 4.79 Å². The first-order valence-corrected chi connectivity index (χ1v) is 10.7. The third-order valence-electron chi connectivity index (χ3n) is 5.33. The molecule has 1 amide bonds. The van der Waals surface area contributed by atoms with Gasteiger partial charge < -0.3 is 14.8 Å². The van der Waals surface area contributed by atoms with Crippen molar-refractivity contribution in [1.82, 2.24) is 14.5 Å². The summed E-state index contributed by atoms with van der Waals surface area (Å²) in [7, 11) is 1.61. The molecule has 3 aromatic rings. The van der Waals surface area contributed by atoms with Gasteiger partial charge in [0, 0.05) is 19.6 Å². The molecule has 0 spiro atoms. The molecular formula is C24H29N3O5. The number of carbonyl (C=O) groups is 2. The smallest absolute Gasteiger partial charge is 0.329 e. The Balaban J connectivity index is 1.48. The van der Waals surface area contributed by atoms with Crippen molar-refractivity contribution >= 4 is 22.9 Å². The SMILES string of the molecule is CCn1c(=O)n(CCC(=O)OC(C)C(=O)NCCc2ccc(OC)cc2)c2ccccc21. The minimum absolute atomic E-state index is 0.00109. The highest BCUT2D eigenvalue weighted by atomic mass is 16.5. The zero-order valence-corrected chi connectivity index (χ0v) is 18.7. The number of methoxy groups -OCH3 is 1. The van der Waals surface area contributed by atoms with E-state index in [4.69, 9.17) is 9.47 Å². The summed E-state index contributed by atoms with van der Waals surface area (Å²) in [5.41, 5.74) is 2.51. The fourth-order valence-electron chi connectivity index (χ4n) is 3.57. The Morgan fingerprint density at radius 2 is 1.69 bits per heavy atom. The lowest BCUT2D eigenvalue weighted by molar-refractivity contribution is -0.155. The first-order chi connectivity index (χ1) is 15.4. The van der Waals surface area contributed by atoms with Crippen molar-refractivity contribution in [2.45, 2.75) is 45.9 Å². The van der Waals surface area contributed by atoms with Gasteiger partial charge >= 0.3 is 11.7 Å². The summed E-state index contributed by atoms with van der Waals surface area (Å²) in [5.74, 6) is -0.102. The van der Waals surface area contributed by atoms with E-state index in [2.05, 4.69) is 5.32 Å². The topological polar surface area (TPSA) is 91.6 Å². The Morgan fingerprint density at radius 1 is 1.03 bits per heavy atom. The minimum atomic E-state index is -0.910. The summed E-state index contributed by atoms with van der Waals surface area (Å²) in [6.45, 7) is 4.61. The number of para-hydroxylation sites is 2. The van der Waals surface area contributed by atoms with E-state index in [0.29, 0.717) is 19.5 Å². The molecule has 1 aromatic heterocycles. The van der Waals surface area contributed by atoms with E-state index >= 15 is 0 Å². The number of nitrogens with one attached hydrogen (secondary N) is 1. The molecule has 1 atom stereocenters. The second-order valence-corrected chi connectivity index (χ2v) is 7.44. The van der Waals surface area contributed by atoms with Gasteiger partial charge in [-0.3, -0.25) is 18.7 Å². The molecule has 1 unspecified atom stereocenters. The van der Waals surface area contributed by atoms with Crippen molar-refractivity contribution in [2.75, 3.05) is 13.7 Å². The Bertz CT molecular complexity index is 1130. The molecular weight excluding hydrogens is 410 g/mol. The molecule has 0 saturated heterocycles. The first-order valence-electron chi connectivity index (χ1n) is 10.7. The number of esters is 1. The lowest BCUT2D eigenvalue weighted by atomic mass is 10.1. The molecule has 0 aliphatic carbocycles. The summed E-state index contributed by atoms with van der Waals surface area (Å²) in [6.07, 6.45) is -0.255. The third-order valence-corrected chi connectivity index (χ3v) is 5.33. The van der Waals surface area contributed by atoms with E-state index in [1.54, 1.807) is 16.2 Å². The summed E-state index contributed by atoms with van der Waals surface area (Å²) in [5, 5.41) is 2.78. The summed E-state index contributed by atoms with van der Waals surface area (Å²) in [6, 6.07) is 15.1. The van der Waals surface area contributed by atoms with Gasteiger partial charge in [0.05, 0.1) is 24.6 Å². The summed E-state index contributed by atoms with van der Waals surface area (Å²) in [4.78, 5) is 37.2. The van der Waals surface area contributed by atoms with E-state index in [0.717, 1.165) is 22.3 Å². The van der Waals surface area contributed by atoms with Gasteiger partial charge in [0.15, 0.2) is 6.10 Å². The van der Waals surface area contributed by atoms with Crippen molar-refractivity contribution < 1.29 is 19.1 Å². The van der Waals surface area contributed by atoms with Gasteiger partial charge in [0.25, 0.3) is 5.91 Å². The van der Waals surface area contributed by atoms with E-state index in [-0.39, 0.29) is 24.6 Å². The predicted molar refractivity (Wildman–Crippen MR) is 122 cm³/mol. The van der Waals surface area contributed by atoms with E-state index < -0.39 is 12.1 Å². The van der Waals surface area contributed by atoms with Crippen LogP contribution in [-0.4, -0.2) is 40.8 Å².